The zero-order chi connectivity index (χ0) is 19.5. The molecule has 26 heavy (non-hydrogen) atoms. The Morgan fingerprint density at radius 3 is 2.15 bits per heavy atom. The molecule has 140 valence electrons. The van der Waals surface area contributed by atoms with Crippen LogP contribution in [-0.2, 0) is 11.3 Å². The van der Waals surface area contributed by atoms with Gasteiger partial charge in [0.1, 0.15) is 0 Å². The number of amides is 1. The molecule has 2 aromatic carbocycles. The summed E-state index contributed by atoms with van der Waals surface area (Å²) < 4.78 is 53.9. The Hall–Kier alpha value is -1.73. The Kier molecular flexibility index (Phi) is 6.58. The minimum atomic E-state index is -1.48. The van der Waals surface area contributed by atoms with Crippen molar-refractivity contribution in [1.29, 1.82) is 0 Å². The summed E-state index contributed by atoms with van der Waals surface area (Å²) in [7, 11) is 0. The van der Waals surface area contributed by atoms with Crippen molar-refractivity contribution in [3.05, 3.63) is 64.2 Å². The molecule has 2 nitrogen and oxygen atoms in total. The van der Waals surface area contributed by atoms with Crippen molar-refractivity contribution in [3.63, 3.8) is 0 Å². The average Bonchev–Trinajstić information content (AvgIpc) is 2.59. The fraction of sp³-hybridized carbons (Fsp3) is 0.278. The number of hydrogen-bond acceptors (Lipinski definition) is 2. The molecule has 0 aromatic heterocycles. The van der Waals surface area contributed by atoms with Gasteiger partial charge in [-0.3, -0.25) is 4.79 Å². The molecule has 0 aliphatic carbocycles. The molecule has 0 saturated heterocycles. The molecule has 8 heteroatoms. The van der Waals surface area contributed by atoms with E-state index in [1.807, 2.05) is 0 Å². The Morgan fingerprint density at radius 2 is 1.62 bits per heavy atom. The van der Waals surface area contributed by atoms with Gasteiger partial charge in [-0.05, 0) is 17.7 Å². The maximum absolute atomic E-state index is 13.7. The van der Waals surface area contributed by atoms with Crippen molar-refractivity contribution >= 4 is 29.3 Å². The lowest BCUT2D eigenvalue weighted by molar-refractivity contribution is -0.128. The number of nitrogens with one attached hydrogen (secondary N) is 1. The van der Waals surface area contributed by atoms with E-state index in [4.69, 9.17) is 11.6 Å². The van der Waals surface area contributed by atoms with Gasteiger partial charge in [0, 0.05) is 23.4 Å². The van der Waals surface area contributed by atoms with E-state index in [1.165, 1.54) is 0 Å². The second-order valence-electron chi connectivity index (χ2n) is 6.28. The van der Waals surface area contributed by atoms with Crippen LogP contribution < -0.4 is 5.32 Å². The fourth-order valence-electron chi connectivity index (χ4n) is 2.02. The molecule has 2 aromatic rings. The summed E-state index contributed by atoms with van der Waals surface area (Å²) in [5.41, 5.74) is -0.200. The number of benzene rings is 2. The van der Waals surface area contributed by atoms with E-state index in [-0.39, 0.29) is 24.3 Å². The van der Waals surface area contributed by atoms with Gasteiger partial charge in [0.2, 0.25) is 5.91 Å². The Balaban J connectivity index is 2.02. The molecule has 0 atom stereocenters. The number of rotatable bonds is 6. The number of carbonyl (C=O) groups is 1. The lowest BCUT2D eigenvalue weighted by atomic mass is 9.95. The van der Waals surface area contributed by atoms with E-state index in [2.05, 4.69) is 5.32 Å². The molecule has 0 aliphatic heterocycles. The van der Waals surface area contributed by atoms with Gasteiger partial charge in [0.25, 0.3) is 0 Å². The smallest absolute Gasteiger partial charge is 0.226 e. The van der Waals surface area contributed by atoms with Crippen molar-refractivity contribution in [2.24, 2.45) is 5.41 Å². The normalized spacial score (nSPS) is 11.5. The van der Waals surface area contributed by atoms with Crippen LogP contribution in [0.4, 0.5) is 17.6 Å². The average molecular weight is 406 g/mol. The Morgan fingerprint density at radius 1 is 1.08 bits per heavy atom. The minimum Gasteiger partial charge on any atom is -0.352 e. The third-order valence-electron chi connectivity index (χ3n) is 3.63. The first kappa shape index (κ1) is 20.6. The molecule has 0 radical (unpaired) electrons. The quantitative estimate of drug-likeness (QED) is 0.400. The van der Waals surface area contributed by atoms with E-state index in [1.54, 1.807) is 38.1 Å². The molecule has 1 amide bonds. The highest BCUT2D eigenvalue weighted by atomic mass is 35.5. The van der Waals surface area contributed by atoms with Crippen molar-refractivity contribution in [1.82, 2.24) is 5.32 Å². The molecule has 0 fully saturated rings. The fourth-order valence-corrected chi connectivity index (χ4v) is 3.23. The van der Waals surface area contributed by atoms with Crippen molar-refractivity contribution in [3.8, 4) is 0 Å². The van der Waals surface area contributed by atoms with Crippen LogP contribution in [0.5, 0.6) is 0 Å². The summed E-state index contributed by atoms with van der Waals surface area (Å²) in [4.78, 5) is 11.6. The van der Waals surface area contributed by atoms with Gasteiger partial charge in [0.15, 0.2) is 23.3 Å². The highest BCUT2D eigenvalue weighted by molar-refractivity contribution is 7.99. The van der Waals surface area contributed by atoms with Gasteiger partial charge in [-0.15, -0.1) is 11.8 Å². The zero-order valence-corrected chi connectivity index (χ0v) is 15.6. The zero-order valence-electron chi connectivity index (χ0n) is 14.0. The predicted octanol–water partition coefficient (Wildman–Crippen LogP) is 5.33. The van der Waals surface area contributed by atoms with E-state index in [0.717, 1.165) is 5.56 Å². The summed E-state index contributed by atoms with van der Waals surface area (Å²) >= 11 is 6.34. The first-order chi connectivity index (χ1) is 12.1. The summed E-state index contributed by atoms with van der Waals surface area (Å²) in [6.07, 6.45) is 0. The number of carbonyl (C=O) groups excluding carboxylic acids is 1. The topological polar surface area (TPSA) is 29.1 Å². The van der Waals surface area contributed by atoms with Crippen molar-refractivity contribution in [2.45, 2.75) is 25.3 Å². The van der Waals surface area contributed by atoms with Crippen LogP contribution in [0, 0.1) is 28.7 Å². The number of hydrogen-bond donors (Lipinski definition) is 1. The van der Waals surface area contributed by atoms with Gasteiger partial charge in [-0.25, -0.2) is 17.6 Å². The van der Waals surface area contributed by atoms with Gasteiger partial charge < -0.3 is 5.32 Å². The van der Waals surface area contributed by atoms with Crippen LogP contribution in [0.15, 0.2) is 35.2 Å². The molecule has 0 heterocycles. The second kappa shape index (κ2) is 8.31. The standard InChI is InChI=1S/C18H16ClF4NOS/c1-18(2,17(25)24-8-10-3-5-11(19)6-4-10)9-26-16-14(22)12(20)7-13(21)15(16)23/h3-7H,8-9H2,1-2H3,(H,24,25). The Bertz CT molecular complexity index is 786. The van der Waals surface area contributed by atoms with E-state index >= 15 is 0 Å². The molecule has 0 spiro atoms. The maximum atomic E-state index is 13.7. The van der Waals surface area contributed by atoms with Crippen LogP contribution in [0.3, 0.4) is 0 Å². The highest BCUT2D eigenvalue weighted by Gasteiger charge is 2.29. The largest absolute Gasteiger partial charge is 0.352 e. The van der Waals surface area contributed by atoms with Crippen LogP contribution in [0.1, 0.15) is 19.4 Å². The molecular formula is C18H16ClF4NOS. The third kappa shape index (κ3) is 4.92. The molecule has 2 rings (SSSR count). The van der Waals surface area contributed by atoms with Crippen LogP contribution in [-0.4, -0.2) is 11.7 Å². The monoisotopic (exact) mass is 405 g/mol. The predicted molar refractivity (Wildman–Crippen MR) is 94.1 cm³/mol. The van der Waals surface area contributed by atoms with E-state index in [9.17, 15) is 22.4 Å². The lowest BCUT2D eigenvalue weighted by Gasteiger charge is -2.23. The van der Waals surface area contributed by atoms with Crippen molar-refractivity contribution in [2.75, 3.05) is 5.75 Å². The van der Waals surface area contributed by atoms with E-state index < -0.39 is 33.6 Å². The molecular weight excluding hydrogens is 390 g/mol. The minimum absolute atomic E-state index is 0.0732. The van der Waals surface area contributed by atoms with E-state index in [0.29, 0.717) is 16.8 Å². The molecule has 0 aliphatic rings. The van der Waals surface area contributed by atoms with Gasteiger partial charge >= 0.3 is 0 Å². The van der Waals surface area contributed by atoms with Crippen LogP contribution >= 0.6 is 23.4 Å². The second-order valence-corrected chi connectivity index (χ2v) is 7.70. The van der Waals surface area contributed by atoms with Crippen LogP contribution in [0.2, 0.25) is 5.02 Å². The first-order valence-corrected chi connectivity index (χ1v) is 8.96. The van der Waals surface area contributed by atoms with Gasteiger partial charge in [0.05, 0.1) is 10.3 Å². The summed E-state index contributed by atoms with van der Waals surface area (Å²) in [5, 5.41) is 3.29. The summed E-state index contributed by atoms with van der Waals surface area (Å²) in [5.74, 6) is -6.32. The highest BCUT2D eigenvalue weighted by Crippen LogP contribution is 2.33. The van der Waals surface area contributed by atoms with Crippen LogP contribution in [0.25, 0.3) is 0 Å². The number of halogens is 5. The SMILES string of the molecule is CC(C)(CSc1c(F)c(F)cc(F)c1F)C(=O)NCc1ccc(Cl)cc1. The Labute approximate surface area is 157 Å². The molecule has 0 unspecified atom stereocenters. The molecule has 0 saturated carbocycles. The number of thioether (sulfide) groups is 1. The van der Waals surface area contributed by atoms with Gasteiger partial charge in [-0.1, -0.05) is 37.6 Å². The summed E-state index contributed by atoms with van der Waals surface area (Å²) in [6, 6.07) is 7.04. The first-order valence-electron chi connectivity index (χ1n) is 7.60. The maximum Gasteiger partial charge on any atom is 0.226 e. The van der Waals surface area contributed by atoms with Gasteiger partial charge in [-0.2, -0.15) is 0 Å². The molecule has 1 N–H and O–H groups in total. The molecule has 0 bridgehead atoms. The third-order valence-corrected chi connectivity index (χ3v) is 5.39. The van der Waals surface area contributed by atoms with Crippen molar-refractivity contribution < 1.29 is 22.4 Å². The lowest BCUT2D eigenvalue weighted by Crippen LogP contribution is -2.38. The summed E-state index contributed by atoms with van der Waals surface area (Å²) in [6.45, 7) is 3.40.